The van der Waals surface area contributed by atoms with Gasteiger partial charge in [-0.2, -0.15) is 0 Å². The van der Waals surface area contributed by atoms with Gasteiger partial charge in [0.2, 0.25) is 5.91 Å². The zero-order valence-corrected chi connectivity index (χ0v) is 12.3. The van der Waals surface area contributed by atoms with Crippen molar-refractivity contribution in [2.24, 2.45) is 11.8 Å². The predicted molar refractivity (Wildman–Crippen MR) is 78.3 cm³/mol. The number of nitrogens with one attached hydrogen (secondary N) is 1. The number of hydrogen-bond donors (Lipinski definition) is 2. The molecule has 110 valence electrons. The van der Waals surface area contributed by atoms with Crippen LogP contribution in [-0.2, 0) is 16.0 Å². The zero-order chi connectivity index (χ0) is 15.1. The van der Waals surface area contributed by atoms with E-state index in [0.717, 1.165) is 12.8 Å². The van der Waals surface area contributed by atoms with Gasteiger partial charge in [-0.15, -0.1) is 0 Å². The number of hydrogen-bond acceptors (Lipinski definition) is 2. The van der Waals surface area contributed by atoms with Crippen LogP contribution in [0.25, 0.3) is 0 Å². The average molecular weight is 277 g/mol. The Kier molecular flexibility index (Phi) is 6.22. The fraction of sp³-hybridized carbons (Fsp3) is 0.500. The van der Waals surface area contributed by atoms with E-state index in [1.165, 1.54) is 5.56 Å². The SMILES string of the molecule is CC(CCc1ccccc1)NC(=O)C(C)C(C)C(=O)O. The Hall–Kier alpha value is -1.84. The lowest BCUT2D eigenvalue weighted by Gasteiger charge is -2.19. The number of carboxylic acids is 1. The monoisotopic (exact) mass is 277 g/mol. The fourth-order valence-corrected chi connectivity index (χ4v) is 1.92. The van der Waals surface area contributed by atoms with Gasteiger partial charge in [-0.1, -0.05) is 44.2 Å². The first-order valence-electron chi connectivity index (χ1n) is 6.99. The summed E-state index contributed by atoms with van der Waals surface area (Å²) in [6.45, 7) is 5.15. The van der Waals surface area contributed by atoms with Gasteiger partial charge < -0.3 is 10.4 Å². The van der Waals surface area contributed by atoms with E-state index in [0.29, 0.717) is 0 Å². The van der Waals surface area contributed by atoms with Crippen molar-refractivity contribution in [3.8, 4) is 0 Å². The number of amides is 1. The van der Waals surface area contributed by atoms with Crippen LogP contribution in [0.3, 0.4) is 0 Å². The van der Waals surface area contributed by atoms with E-state index in [-0.39, 0.29) is 11.9 Å². The van der Waals surface area contributed by atoms with Crippen LogP contribution in [0.5, 0.6) is 0 Å². The average Bonchev–Trinajstić information content (AvgIpc) is 2.44. The first kappa shape index (κ1) is 16.2. The van der Waals surface area contributed by atoms with Gasteiger partial charge in [0.05, 0.1) is 5.92 Å². The zero-order valence-electron chi connectivity index (χ0n) is 12.3. The van der Waals surface area contributed by atoms with Crippen LogP contribution in [0.15, 0.2) is 30.3 Å². The molecule has 0 heterocycles. The molecule has 1 aromatic rings. The molecular formula is C16H23NO3. The summed E-state index contributed by atoms with van der Waals surface area (Å²) in [4.78, 5) is 22.8. The van der Waals surface area contributed by atoms with Gasteiger partial charge in [0.25, 0.3) is 0 Å². The summed E-state index contributed by atoms with van der Waals surface area (Å²) in [5, 5.41) is 11.8. The van der Waals surface area contributed by atoms with Crippen molar-refractivity contribution in [3.63, 3.8) is 0 Å². The molecule has 0 bridgehead atoms. The van der Waals surface area contributed by atoms with E-state index in [9.17, 15) is 9.59 Å². The molecule has 0 aliphatic rings. The van der Waals surface area contributed by atoms with Gasteiger partial charge in [0, 0.05) is 12.0 Å². The quantitative estimate of drug-likeness (QED) is 0.804. The van der Waals surface area contributed by atoms with Crippen molar-refractivity contribution in [2.45, 2.75) is 39.7 Å². The van der Waals surface area contributed by atoms with Crippen LogP contribution in [0.2, 0.25) is 0 Å². The highest BCUT2D eigenvalue weighted by Crippen LogP contribution is 2.12. The molecule has 0 aliphatic carbocycles. The molecular weight excluding hydrogens is 254 g/mol. The minimum absolute atomic E-state index is 0.0335. The van der Waals surface area contributed by atoms with Gasteiger partial charge >= 0.3 is 5.97 Å². The molecule has 0 saturated heterocycles. The number of carbonyl (C=O) groups excluding carboxylic acids is 1. The highest BCUT2D eigenvalue weighted by Gasteiger charge is 2.26. The molecule has 20 heavy (non-hydrogen) atoms. The van der Waals surface area contributed by atoms with Gasteiger partial charge in [-0.25, -0.2) is 0 Å². The maximum Gasteiger partial charge on any atom is 0.307 e. The second kappa shape index (κ2) is 7.68. The standard InChI is InChI=1S/C16H23NO3/c1-11(9-10-14-7-5-4-6-8-14)17-15(18)12(2)13(3)16(19)20/h4-8,11-13H,9-10H2,1-3H3,(H,17,18)(H,19,20). The fourth-order valence-electron chi connectivity index (χ4n) is 1.92. The van der Waals surface area contributed by atoms with Crippen molar-refractivity contribution in [3.05, 3.63) is 35.9 Å². The summed E-state index contributed by atoms with van der Waals surface area (Å²) in [6.07, 6.45) is 1.73. The first-order valence-corrected chi connectivity index (χ1v) is 6.99. The largest absolute Gasteiger partial charge is 0.481 e. The van der Waals surface area contributed by atoms with E-state index in [1.807, 2.05) is 25.1 Å². The predicted octanol–water partition coefficient (Wildman–Crippen LogP) is 2.48. The molecule has 2 N–H and O–H groups in total. The summed E-state index contributed by atoms with van der Waals surface area (Å²) in [5.74, 6) is -2.33. The number of aryl methyl sites for hydroxylation is 1. The Labute approximate surface area is 120 Å². The smallest absolute Gasteiger partial charge is 0.307 e. The molecule has 4 nitrogen and oxygen atoms in total. The number of carbonyl (C=O) groups is 2. The van der Waals surface area contributed by atoms with Crippen LogP contribution in [0, 0.1) is 11.8 Å². The Balaban J connectivity index is 2.40. The molecule has 0 aliphatic heterocycles. The van der Waals surface area contributed by atoms with Gasteiger partial charge in [0.1, 0.15) is 0 Å². The van der Waals surface area contributed by atoms with E-state index < -0.39 is 17.8 Å². The molecule has 1 rings (SSSR count). The van der Waals surface area contributed by atoms with Gasteiger partial charge in [-0.05, 0) is 25.3 Å². The second-order valence-electron chi connectivity index (χ2n) is 5.35. The molecule has 0 fully saturated rings. The summed E-state index contributed by atoms with van der Waals surface area (Å²) >= 11 is 0. The van der Waals surface area contributed by atoms with E-state index in [4.69, 9.17) is 5.11 Å². The maximum absolute atomic E-state index is 11.9. The number of aliphatic carboxylic acids is 1. The summed E-state index contributed by atoms with van der Waals surface area (Å²) < 4.78 is 0. The van der Waals surface area contributed by atoms with Crippen molar-refractivity contribution in [2.75, 3.05) is 0 Å². The minimum atomic E-state index is -0.940. The molecule has 1 aromatic carbocycles. The van der Waals surface area contributed by atoms with Crippen LogP contribution in [0.4, 0.5) is 0 Å². The third kappa shape index (κ3) is 5.03. The normalized spacial score (nSPS) is 15.2. The molecule has 0 aromatic heterocycles. The topological polar surface area (TPSA) is 66.4 Å². The minimum Gasteiger partial charge on any atom is -0.481 e. The molecule has 0 saturated carbocycles. The molecule has 0 radical (unpaired) electrons. The Morgan fingerprint density at radius 1 is 1.10 bits per heavy atom. The molecule has 4 heteroatoms. The highest BCUT2D eigenvalue weighted by atomic mass is 16.4. The van der Waals surface area contributed by atoms with Crippen molar-refractivity contribution >= 4 is 11.9 Å². The number of benzene rings is 1. The van der Waals surface area contributed by atoms with Crippen LogP contribution < -0.4 is 5.32 Å². The van der Waals surface area contributed by atoms with Crippen LogP contribution >= 0.6 is 0 Å². The third-order valence-electron chi connectivity index (χ3n) is 3.65. The molecule has 3 unspecified atom stereocenters. The second-order valence-corrected chi connectivity index (χ2v) is 5.35. The van der Waals surface area contributed by atoms with Gasteiger partial charge in [-0.3, -0.25) is 9.59 Å². The molecule has 0 spiro atoms. The summed E-state index contributed by atoms with van der Waals surface area (Å²) in [7, 11) is 0. The Morgan fingerprint density at radius 2 is 1.70 bits per heavy atom. The van der Waals surface area contributed by atoms with E-state index in [2.05, 4.69) is 17.4 Å². The lowest BCUT2D eigenvalue weighted by molar-refractivity contribution is -0.146. The summed E-state index contributed by atoms with van der Waals surface area (Å²) in [6, 6.07) is 10.1. The van der Waals surface area contributed by atoms with Crippen molar-refractivity contribution in [1.29, 1.82) is 0 Å². The van der Waals surface area contributed by atoms with Crippen LogP contribution in [-0.4, -0.2) is 23.0 Å². The maximum atomic E-state index is 11.9. The van der Waals surface area contributed by atoms with Crippen molar-refractivity contribution in [1.82, 2.24) is 5.32 Å². The lowest BCUT2D eigenvalue weighted by Crippen LogP contribution is -2.40. The first-order chi connectivity index (χ1) is 9.41. The number of carboxylic acid groups (broad SMARTS) is 1. The van der Waals surface area contributed by atoms with Crippen molar-refractivity contribution < 1.29 is 14.7 Å². The summed E-state index contributed by atoms with van der Waals surface area (Å²) in [5.41, 5.74) is 1.24. The third-order valence-corrected chi connectivity index (χ3v) is 3.65. The van der Waals surface area contributed by atoms with Crippen LogP contribution in [0.1, 0.15) is 32.8 Å². The van der Waals surface area contributed by atoms with E-state index in [1.54, 1.807) is 13.8 Å². The molecule has 1 amide bonds. The number of rotatable bonds is 7. The Morgan fingerprint density at radius 3 is 2.25 bits per heavy atom. The lowest BCUT2D eigenvalue weighted by atomic mass is 9.95. The Bertz CT molecular complexity index is 444. The molecule has 3 atom stereocenters. The van der Waals surface area contributed by atoms with Gasteiger partial charge in [0.15, 0.2) is 0 Å². The highest BCUT2D eigenvalue weighted by molar-refractivity contribution is 5.84. The van der Waals surface area contributed by atoms with E-state index >= 15 is 0 Å².